The van der Waals surface area contributed by atoms with Gasteiger partial charge in [0.2, 0.25) is 0 Å². The zero-order valence-corrected chi connectivity index (χ0v) is 7.95. The first-order chi connectivity index (χ1) is 6.72. The van der Waals surface area contributed by atoms with Gasteiger partial charge in [-0.25, -0.2) is 0 Å². The average Bonchev–Trinajstić information content (AvgIpc) is 2.16. The third-order valence-electron chi connectivity index (χ3n) is 1.49. The molecule has 0 heterocycles. The summed E-state index contributed by atoms with van der Waals surface area (Å²) in [5, 5.41) is 0. The van der Waals surface area contributed by atoms with Crippen LogP contribution in [-0.2, 0) is 4.79 Å². The standard InChI is InChI=1S/C10H12NO3/c1-2-13-8-4-3-5-9(6-8)14-7-10(11)12/h3-6,11H,2,7H2,1H3. The molecule has 75 valence electrons. The highest BCUT2D eigenvalue weighted by molar-refractivity contribution is 5.74. The number of hydrogen-bond donors (Lipinski definition) is 0. The van der Waals surface area contributed by atoms with Crippen LogP contribution >= 0.6 is 0 Å². The maximum absolute atomic E-state index is 10.3. The molecule has 0 saturated heterocycles. The molecule has 1 rings (SSSR count). The molecule has 4 heteroatoms. The molecule has 0 aliphatic heterocycles. The van der Waals surface area contributed by atoms with Gasteiger partial charge in [-0.2, -0.15) is 0 Å². The molecule has 0 aliphatic carbocycles. The molecule has 4 nitrogen and oxygen atoms in total. The second-order valence-corrected chi connectivity index (χ2v) is 2.62. The first kappa shape index (κ1) is 10.4. The molecule has 0 fully saturated rings. The number of carbonyl (C=O) groups excluding carboxylic acids is 1. The Hall–Kier alpha value is -1.71. The van der Waals surface area contributed by atoms with Gasteiger partial charge in [0.25, 0.3) is 5.91 Å². The highest BCUT2D eigenvalue weighted by atomic mass is 16.5. The molecule has 1 aromatic rings. The molecule has 0 bridgehead atoms. The number of nitrogens with one attached hydrogen (secondary N) is 1. The van der Waals surface area contributed by atoms with Crippen molar-refractivity contribution in [1.29, 1.82) is 0 Å². The van der Waals surface area contributed by atoms with E-state index in [0.29, 0.717) is 18.1 Å². The third kappa shape index (κ3) is 3.35. The fraction of sp³-hybridized carbons (Fsp3) is 0.300. The monoisotopic (exact) mass is 194 g/mol. The van der Waals surface area contributed by atoms with Crippen molar-refractivity contribution >= 4 is 5.91 Å². The van der Waals surface area contributed by atoms with Crippen LogP contribution in [-0.4, -0.2) is 19.1 Å². The summed E-state index contributed by atoms with van der Waals surface area (Å²) < 4.78 is 10.3. The summed E-state index contributed by atoms with van der Waals surface area (Å²) in [6, 6.07) is 6.98. The predicted octanol–water partition coefficient (Wildman–Crippen LogP) is 1.27. The number of carbonyl (C=O) groups is 1. The molecule has 14 heavy (non-hydrogen) atoms. The van der Waals surface area contributed by atoms with Crippen molar-refractivity contribution in [3.05, 3.63) is 24.3 Å². The number of benzene rings is 1. The normalized spacial score (nSPS) is 9.50. The van der Waals surface area contributed by atoms with E-state index in [1.807, 2.05) is 6.92 Å². The number of rotatable bonds is 5. The largest absolute Gasteiger partial charge is 0.494 e. The smallest absolute Gasteiger partial charge is 0.276 e. The van der Waals surface area contributed by atoms with Crippen molar-refractivity contribution in [2.75, 3.05) is 13.2 Å². The van der Waals surface area contributed by atoms with E-state index < -0.39 is 5.91 Å². The minimum Gasteiger partial charge on any atom is -0.494 e. The lowest BCUT2D eigenvalue weighted by atomic mass is 10.3. The van der Waals surface area contributed by atoms with Gasteiger partial charge < -0.3 is 9.47 Å². The first-order valence-electron chi connectivity index (χ1n) is 4.32. The van der Waals surface area contributed by atoms with Crippen LogP contribution in [0.2, 0.25) is 0 Å². The Morgan fingerprint density at radius 1 is 1.36 bits per heavy atom. The van der Waals surface area contributed by atoms with Crippen molar-refractivity contribution in [2.45, 2.75) is 6.92 Å². The number of ether oxygens (including phenoxy) is 2. The van der Waals surface area contributed by atoms with Crippen molar-refractivity contribution in [3.63, 3.8) is 0 Å². The van der Waals surface area contributed by atoms with Gasteiger partial charge in [-0.15, -0.1) is 0 Å². The topological polar surface area (TPSA) is 59.3 Å². The molecule has 0 unspecified atom stereocenters. The van der Waals surface area contributed by atoms with Crippen molar-refractivity contribution < 1.29 is 14.3 Å². The van der Waals surface area contributed by atoms with E-state index >= 15 is 0 Å². The minimum absolute atomic E-state index is 0.227. The number of amides is 1. The Kier molecular flexibility index (Phi) is 3.79. The average molecular weight is 194 g/mol. The molecule has 0 saturated carbocycles. The first-order valence-corrected chi connectivity index (χ1v) is 4.32. The van der Waals surface area contributed by atoms with Gasteiger partial charge in [0.05, 0.1) is 6.61 Å². The van der Waals surface area contributed by atoms with Crippen LogP contribution in [0.3, 0.4) is 0 Å². The molecule has 0 aliphatic rings. The summed E-state index contributed by atoms with van der Waals surface area (Å²) in [7, 11) is 0. The summed E-state index contributed by atoms with van der Waals surface area (Å²) in [6.45, 7) is 2.25. The van der Waals surface area contributed by atoms with E-state index in [0.717, 1.165) is 0 Å². The van der Waals surface area contributed by atoms with Gasteiger partial charge in [0.1, 0.15) is 11.5 Å². The molecule has 0 atom stereocenters. The fourth-order valence-electron chi connectivity index (χ4n) is 0.969. The van der Waals surface area contributed by atoms with Gasteiger partial charge in [-0.3, -0.25) is 10.5 Å². The molecule has 0 spiro atoms. The van der Waals surface area contributed by atoms with Crippen molar-refractivity contribution in [3.8, 4) is 11.5 Å². The zero-order valence-electron chi connectivity index (χ0n) is 7.95. The number of hydrogen-bond acceptors (Lipinski definition) is 3. The van der Waals surface area contributed by atoms with E-state index in [-0.39, 0.29) is 6.61 Å². The van der Waals surface area contributed by atoms with E-state index in [9.17, 15) is 4.79 Å². The summed E-state index contributed by atoms with van der Waals surface area (Å²) in [5.74, 6) is 0.491. The van der Waals surface area contributed by atoms with E-state index in [1.54, 1.807) is 24.3 Å². The lowest BCUT2D eigenvalue weighted by molar-refractivity contribution is -0.120. The third-order valence-corrected chi connectivity index (χ3v) is 1.49. The van der Waals surface area contributed by atoms with Crippen LogP contribution in [0.1, 0.15) is 6.92 Å². The highest BCUT2D eigenvalue weighted by Gasteiger charge is 1.99. The quantitative estimate of drug-likeness (QED) is 0.709. The van der Waals surface area contributed by atoms with Crippen LogP contribution in [0, 0.1) is 0 Å². The zero-order chi connectivity index (χ0) is 10.4. The lowest BCUT2D eigenvalue weighted by Crippen LogP contribution is -2.11. The Morgan fingerprint density at radius 2 is 2.00 bits per heavy atom. The van der Waals surface area contributed by atoms with Gasteiger partial charge in [0, 0.05) is 6.07 Å². The summed E-state index contributed by atoms with van der Waals surface area (Å²) >= 11 is 0. The Labute approximate surface area is 82.6 Å². The minimum atomic E-state index is -0.744. The van der Waals surface area contributed by atoms with Gasteiger partial charge in [0.15, 0.2) is 6.61 Å². The predicted molar refractivity (Wildman–Crippen MR) is 51.2 cm³/mol. The Bertz CT molecular complexity index is 312. The summed E-state index contributed by atoms with van der Waals surface area (Å²) in [4.78, 5) is 10.3. The van der Waals surface area contributed by atoms with Crippen LogP contribution in [0.5, 0.6) is 11.5 Å². The highest BCUT2D eigenvalue weighted by Crippen LogP contribution is 2.18. The summed E-state index contributed by atoms with van der Waals surface area (Å²) in [6.07, 6.45) is 0. The fourth-order valence-corrected chi connectivity index (χ4v) is 0.969. The maximum atomic E-state index is 10.3. The maximum Gasteiger partial charge on any atom is 0.276 e. The lowest BCUT2D eigenvalue weighted by Gasteiger charge is -2.06. The molecule has 1 N–H and O–H groups in total. The van der Waals surface area contributed by atoms with Crippen molar-refractivity contribution in [2.24, 2.45) is 0 Å². The van der Waals surface area contributed by atoms with Crippen LogP contribution in [0.4, 0.5) is 0 Å². The van der Waals surface area contributed by atoms with E-state index in [1.165, 1.54) is 0 Å². The molecule has 1 aromatic carbocycles. The van der Waals surface area contributed by atoms with Gasteiger partial charge in [-0.05, 0) is 19.1 Å². The van der Waals surface area contributed by atoms with Crippen molar-refractivity contribution in [1.82, 2.24) is 5.73 Å². The van der Waals surface area contributed by atoms with Crippen LogP contribution in [0.25, 0.3) is 0 Å². The Morgan fingerprint density at radius 3 is 2.57 bits per heavy atom. The molecule has 0 aromatic heterocycles. The SMILES string of the molecule is CCOc1cccc(OCC([NH])=O)c1. The molecular formula is C10H12NO3. The second kappa shape index (κ2) is 5.11. The molecular weight excluding hydrogens is 182 g/mol. The molecule has 1 radical (unpaired) electrons. The van der Waals surface area contributed by atoms with E-state index in [4.69, 9.17) is 15.2 Å². The van der Waals surface area contributed by atoms with E-state index in [2.05, 4.69) is 0 Å². The summed E-state index contributed by atoms with van der Waals surface area (Å²) in [5.41, 5.74) is 6.67. The van der Waals surface area contributed by atoms with Gasteiger partial charge in [-0.1, -0.05) is 6.07 Å². The van der Waals surface area contributed by atoms with Crippen LogP contribution in [0.15, 0.2) is 24.3 Å². The van der Waals surface area contributed by atoms with Gasteiger partial charge >= 0.3 is 0 Å². The molecule has 1 amide bonds. The second-order valence-electron chi connectivity index (χ2n) is 2.62. The van der Waals surface area contributed by atoms with Crippen LogP contribution < -0.4 is 15.2 Å². The Balaban J connectivity index is 2.58.